The number of nitrogens with zero attached hydrogens (tertiary/aromatic N) is 6. The van der Waals surface area contributed by atoms with E-state index in [1.54, 1.807) is 0 Å². The van der Waals surface area contributed by atoms with E-state index in [-0.39, 0.29) is 6.61 Å². The summed E-state index contributed by atoms with van der Waals surface area (Å²) >= 11 is 1.84. The lowest BCUT2D eigenvalue weighted by Crippen LogP contribution is -2.35. The third-order valence-corrected chi connectivity index (χ3v) is 6.32. The summed E-state index contributed by atoms with van der Waals surface area (Å²) in [4.78, 5) is 11.7. The third-order valence-electron chi connectivity index (χ3n) is 5.02. The Labute approximate surface area is 163 Å². The lowest BCUT2D eigenvalue weighted by Gasteiger charge is -2.30. The van der Waals surface area contributed by atoms with Gasteiger partial charge in [-0.05, 0) is 19.8 Å². The summed E-state index contributed by atoms with van der Waals surface area (Å²) in [5.41, 5.74) is 1.23. The Morgan fingerprint density at radius 3 is 2.96 bits per heavy atom. The van der Waals surface area contributed by atoms with Crippen LogP contribution in [0.2, 0.25) is 0 Å². The third kappa shape index (κ3) is 3.75. The number of aromatic nitrogens is 5. The van der Waals surface area contributed by atoms with E-state index < -0.39 is 0 Å². The number of aryl methyl sites for hydroxylation is 1. The van der Waals surface area contributed by atoms with Gasteiger partial charge in [0.15, 0.2) is 5.82 Å². The normalized spacial score (nSPS) is 18.5. The predicted octanol–water partition coefficient (Wildman–Crippen LogP) is 1.97. The van der Waals surface area contributed by atoms with Gasteiger partial charge in [0.05, 0.1) is 13.2 Å². The standard InChI is InChI=1S/C18H26N6O2S/c1-3-5-13-10-14-16(19-18(20-17(14)27-13)26-9-4-8-25)23-6-7-24-12(2)21-22-15(24)11-23/h13,25H,3-11H2,1-2H3. The van der Waals surface area contributed by atoms with Gasteiger partial charge in [0, 0.05) is 36.9 Å². The molecule has 27 heavy (non-hydrogen) atoms. The van der Waals surface area contributed by atoms with Crippen LogP contribution < -0.4 is 9.64 Å². The molecule has 0 aliphatic carbocycles. The molecule has 0 aromatic carbocycles. The molecule has 0 amide bonds. The van der Waals surface area contributed by atoms with Crippen molar-refractivity contribution in [3.8, 4) is 6.01 Å². The molecule has 4 heterocycles. The van der Waals surface area contributed by atoms with Crippen LogP contribution in [0.25, 0.3) is 0 Å². The molecule has 2 aromatic rings. The summed E-state index contributed by atoms with van der Waals surface area (Å²) < 4.78 is 7.89. The number of aliphatic hydroxyl groups excluding tert-OH is 1. The average Bonchev–Trinajstić information content (AvgIpc) is 3.24. The highest BCUT2D eigenvalue weighted by molar-refractivity contribution is 8.00. The summed E-state index contributed by atoms with van der Waals surface area (Å²) in [5.74, 6) is 2.91. The first-order valence-electron chi connectivity index (χ1n) is 9.64. The van der Waals surface area contributed by atoms with Crippen molar-refractivity contribution in [1.82, 2.24) is 24.7 Å². The van der Waals surface area contributed by atoms with Crippen molar-refractivity contribution >= 4 is 17.6 Å². The maximum absolute atomic E-state index is 9.00. The number of aliphatic hydroxyl groups is 1. The van der Waals surface area contributed by atoms with Crippen molar-refractivity contribution in [3.05, 3.63) is 17.2 Å². The minimum atomic E-state index is 0.103. The lowest BCUT2D eigenvalue weighted by atomic mass is 10.1. The van der Waals surface area contributed by atoms with Gasteiger partial charge in [-0.3, -0.25) is 0 Å². The van der Waals surface area contributed by atoms with Crippen molar-refractivity contribution in [1.29, 1.82) is 0 Å². The van der Waals surface area contributed by atoms with E-state index in [1.165, 1.54) is 18.4 Å². The highest BCUT2D eigenvalue weighted by atomic mass is 32.2. The second kappa shape index (κ2) is 8.02. The molecule has 0 saturated heterocycles. The van der Waals surface area contributed by atoms with E-state index in [4.69, 9.17) is 14.8 Å². The van der Waals surface area contributed by atoms with Crippen molar-refractivity contribution in [2.24, 2.45) is 0 Å². The van der Waals surface area contributed by atoms with Crippen LogP contribution in [0.15, 0.2) is 5.03 Å². The van der Waals surface area contributed by atoms with Crippen LogP contribution in [0.4, 0.5) is 5.82 Å². The minimum Gasteiger partial charge on any atom is -0.463 e. The molecule has 0 radical (unpaired) electrons. The number of hydrogen-bond donors (Lipinski definition) is 1. The molecule has 8 nitrogen and oxygen atoms in total. The quantitative estimate of drug-likeness (QED) is 0.567. The molecular formula is C18H26N6O2S. The molecule has 1 atom stereocenters. The fraction of sp³-hybridized carbons (Fsp3) is 0.667. The smallest absolute Gasteiger partial charge is 0.319 e. The van der Waals surface area contributed by atoms with Gasteiger partial charge < -0.3 is 19.3 Å². The molecule has 0 bridgehead atoms. The van der Waals surface area contributed by atoms with Gasteiger partial charge in [-0.25, -0.2) is 0 Å². The first-order chi connectivity index (χ1) is 13.2. The van der Waals surface area contributed by atoms with Crippen LogP contribution in [0.1, 0.15) is 43.4 Å². The molecule has 1 N–H and O–H groups in total. The topological polar surface area (TPSA) is 89.2 Å². The van der Waals surface area contributed by atoms with Gasteiger partial charge in [-0.1, -0.05) is 13.3 Å². The Kier molecular flexibility index (Phi) is 5.49. The number of hydrogen-bond acceptors (Lipinski definition) is 8. The largest absolute Gasteiger partial charge is 0.463 e. The summed E-state index contributed by atoms with van der Waals surface area (Å²) in [6.45, 7) is 7.17. The van der Waals surface area contributed by atoms with Crippen molar-refractivity contribution in [2.75, 3.05) is 24.7 Å². The van der Waals surface area contributed by atoms with Gasteiger partial charge in [-0.2, -0.15) is 9.97 Å². The van der Waals surface area contributed by atoms with Gasteiger partial charge >= 0.3 is 6.01 Å². The Morgan fingerprint density at radius 1 is 1.26 bits per heavy atom. The zero-order valence-corrected chi connectivity index (χ0v) is 16.7. The zero-order valence-electron chi connectivity index (χ0n) is 15.9. The molecule has 9 heteroatoms. The molecule has 146 valence electrons. The van der Waals surface area contributed by atoms with Crippen LogP contribution in [-0.4, -0.2) is 54.8 Å². The number of thioether (sulfide) groups is 1. The van der Waals surface area contributed by atoms with Crippen LogP contribution in [0.5, 0.6) is 6.01 Å². The monoisotopic (exact) mass is 390 g/mol. The van der Waals surface area contributed by atoms with Crippen molar-refractivity contribution in [3.63, 3.8) is 0 Å². The number of rotatable bonds is 7. The van der Waals surface area contributed by atoms with Crippen LogP contribution in [0.3, 0.4) is 0 Å². The van der Waals surface area contributed by atoms with Crippen molar-refractivity contribution < 1.29 is 9.84 Å². The fourth-order valence-electron chi connectivity index (χ4n) is 3.66. The molecule has 0 saturated carbocycles. The van der Waals surface area contributed by atoms with Gasteiger partial charge in [0.2, 0.25) is 0 Å². The number of ether oxygens (including phenoxy) is 1. The predicted molar refractivity (Wildman–Crippen MR) is 103 cm³/mol. The zero-order chi connectivity index (χ0) is 18.8. The van der Waals surface area contributed by atoms with Crippen LogP contribution >= 0.6 is 11.8 Å². The summed E-state index contributed by atoms with van der Waals surface area (Å²) in [6.07, 6.45) is 3.92. The Morgan fingerprint density at radius 2 is 2.15 bits per heavy atom. The van der Waals surface area contributed by atoms with E-state index >= 15 is 0 Å². The van der Waals surface area contributed by atoms with Crippen LogP contribution in [-0.2, 0) is 19.5 Å². The molecule has 2 aromatic heterocycles. The Bertz CT molecular complexity index is 811. The molecule has 2 aliphatic rings. The summed E-state index contributed by atoms with van der Waals surface area (Å²) in [5, 5.41) is 19.1. The average molecular weight is 391 g/mol. The molecule has 4 rings (SSSR count). The van der Waals surface area contributed by atoms with E-state index in [0.29, 0.717) is 30.8 Å². The fourth-order valence-corrected chi connectivity index (χ4v) is 5.02. The lowest BCUT2D eigenvalue weighted by molar-refractivity contribution is 0.223. The number of fused-ring (bicyclic) bond motifs is 2. The van der Waals surface area contributed by atoms with E-state index in [9.17, 15) is 0 Å². The Balaban J connectivity index is 1.62. The maximum Gasteiger partial charge on any atom is 0.319 e. The Hall–Kier alpha value is -1.87. The highest BCUT2D eigenvalue weighted by Gasteiger charge is 2.31. The summed E-state index contributed by atoms with van der Waals surface area (Å²) in [7, 11) is 0. The SMILES string of the molecule is CCCC1Cc2c(nc(OCCCO)nc2N2CCn3c(C)nnc3C2)S1. The molecular weight excluding hydrogens is 364 g/mol. The van der Waals surface area contributed by atoms with Gasteiger partial charge in [-0.15, -0.1) is 22.0 Å². The molecule has 0 spiro atoms. The highest BCUT2D eigenvalue weighted by Crippen LogP contribution is 2.43. The van der Waals surface area contributed by atoms with E-state index in [0.717, 1.165) is 42.0 Å². The van der Waals surface area contributed by atoms with E-state index in [2.05, 4.69) is 31.6 Å². The summed E-state index contributed by atoms with van der Waals surface area (Å²) in [6, 6.07) is 0.407. The first-order valence-corrected chi connectivity index (χ1v) is 10.5. The van der Waals surface area contributed by atoms with Gasteiger partial charge in [0.25, 0.3) is 0 Å². The maximum atomic E-state index is 9.00. The molecule has 1 unspecified atom stereocenters. The molecule has 0 fully saturated rings. The second-order valence-electron chi connectivity index (χ2n) is 7.01. The first kappa shape index (κ1) is 18.5. The van der Waals surface area contributed by atoms with Crippen LogP contribution in [0, 0.1) is 6.92 Å². The van der Waals surface area contributed by atoms with Gasteiger partial charge in [0.1, 0.15) is 16.7 Å². The van der Waals surface area contributed by atoms with Crippen molar-refractivity contribution in [2.45, 2.75) is 62.9 Å². The van der Waals surface area contributed by atoms with E-state index in [1.807, 2.05) is 18.7 Å². The molecule has 2 aliphatic heterocycles. The minimum absolute atomic E-state index is 0.103. The second-order valence-corrected chi connectivity index (χ2v) is 8.30. The number of anilines is 1.